The minimum absolute atomic E-state index is 0.142. The highest BCUT2D eigenvalue weighted by Crippen LogP contribution is 2.29. The van der Waals surface area contributed by atoms with E-state index in [1.807, 2.05) is 49.4 Å². The number of ether oxygens (including phenoxy) is 1. The molecule has 0 N–H and O–H groups in total. The van der Waals surface area contributed by atoms with Crippen molar-refractivity contribution in [1.29, 1.82) is 0 Å². The van der Waals surface area contributed by atoms with Crippen molar-refractivity contribution in [2.75, 3.05) is 6.61 Å². The average Bonchev–Trinajstić information content (AvgIpc) is 3.07. The van der Waals surface area contributed by atoms with Gasteiger partial charge in [0.2, 0.25) is 0 Å². The molecule has 4 rings (SSSR count). The molecule has 0 aliphatic heterocycles. The molecule has 7 nitrogen and oxygen atoms in total. The van der Waals surface area contributed by atoms with Gasteiger partial charge in [0.25, 0.3) is 0 Å². The van der Waals surface area contributed by atoms with Gasteiger partial charge >= 0.3 is 5.97 Å². The highest BCUT2D eigenvalue weighted by Gasteiger charge is 2.21. The predicted octanol–water partition coefficient (Wildman–Crippen LogP) is 4.78. The quantitative estimate of drug-likeness (QED) is 0.388. The maximum absolute atomic E-state index is 12.4. The number of hydrogen-bond donors (Lipinski definition) is 0. The zero-order valence-corrected chi connectivity index (χ0v) is 15.0. The predicted molar refractivity (Wildman–Crippen MR) is 102 cm³/mol. The SMILES string of the molecule is CCOC(=O)c1nc2c(C)cccn2c1N=Nc1cccc2cccnc12. The minimum atomic E-state index is -0.523. The highest BCUT2D eigenvalue weighted by molar-refractivity contribution is 5.93. The number of carbonyl (C=O) groups is 1. The van der Waals surface area contributed by atoms with Crippen LogP contribution in [0.15, 0.2) is 65.1 Å². The molecule has 0 bridgehead atoms. The number of azo groups is 1. The van der Waals surface area contributed by atoms with Crippen molar-refractivity contribution in [2.45, 2.75) is 13.8 Å². The first kappa shape index (κ1) is 16.8. The summed E-state index contributed by atoms with van der Waals surface area (Å²) in [5.41, 5.74) is 3.07. The second kappa shape index (κ2) is 6.95. The van der Waals surface area contributed by atoms with Gasteiger partial charge in [-0.05, 0) is 37.6 Å². The summed E-state index contributed by atoms with van der Waals surface area (Å²) in [6, 6.07) is 13.3. The Kier molecular flexibility index (Phi) is 4.33. The summed E-state index contributed by atoms with van der Waals surface area (Å²) in [6.07, 6.45) is 3.51. The van der Waals surface area contributed by atoms with Crippen molar-refractivity contribution in [3.05, 3.63) is 66.1 Å². The number of para-hydroxylation sites is 1. The second-order valence-corrected chi connectivity index (χ2v) is 5.94. The molecular weight excluding hydrogens is 342 g/mol. The van der Waals surface area contributed by atoms with Crippen molar-refractivity contribution in [2.24, 2.45) is 10.2 Å². The Balaban J connectivity index is 1.87. The number of hydrogen-bond acceptors (Lipinski definition) is 6. The first-order chi connectivity index (χ1) is 13.2. The van der Waals surface area contributed by atoms with Crippen LogP contribution in [0.25, 0.3) is 16.6 Å². The van der Waals surface area contributed by atoms with Crippen LogP contribution in [0.2, 0.25) is 0 Å². The van der Waals surface area contributed by atoms with Crippen molar-refractivity contribution in [3.63, 3.8) is 0 Å². The molecule has 0 unspecified atom stereocenters. The fourth-order valence-electron chi connectivity index (χ4n) is 2.89. The number of aryl methyl sites for hydroxylation is 1. The van der Waals surface area contributed by atoms with Gasteiger partial charge in [0.1, 0.15) is 11.3 Å². The first-order valence-corrected chi connectivity index (χ1v) is 8.59. The van der Waals surface area contributed by atoms with Gasteiger partial charge in [0, 0.05) is 17.8 Å². The topological polar surface area (TPSA) is 81.2 Å². The zero-order chi connectivity index (χ0) is 18.8. The molecule has 0 amide bonds. The molecular formula is C20H17N5O2. The molecule has 0 spiro atoms. The Labute approximate surface area is 155 Å². The maximum atomic E-state index is 12.4. The maximum Gasteiger partial charge on any atom is 0.360 e. The first-order valence-electron chi connectivity index (χ1n) is 8.59. The normalized spacial score (nSPS) is 11.5. The molecule has 0 atom stereocenters. The van der Waals surface area contributed by atoms with Gasteiger partial charge in [-0.1, -0.05) is 24.3 Å². The van der Waals surface area contributed by atoms with E-state index in [4.69, 9.17) is 4.74 Å². The molecule has 4 aromatic rings. The van der Waals surface area contributed by atoms with Crippen molar-refractivity contribution in [1.82, 2.24) is 14.4 Å². The molecule has 0 saturated heterocycles. The summed E-state index contributed by atoms with van der Waals surface area (Å²) >= 11 is 0. The van der Waals surface area contributed by atoms with Crippen LogP contribution in [0.5, 0.6) is 0 Å². The zero-order valence-electron chi connectivity index (χ0n) is 15.0. The largest absolute Gasteiger partial charge is 0.461 e. The highest BCUT2D eigenvalue weighted by atomic mass is 16.5. The van der Waals surface area contributed by atoms with Gasteiger partial charge in [-0.25, -0.2) is 9.78 Å². The Morgan fingerprint density at radius 3 is 2.85 bits per heavy atom. The monoisotopic (exact) mass is 359 g/mol. The molecule has 0 aliphatic rings. The Morgan fingerprint density at radius 1 is 1.15 bits per heavy atom. The molecule has 27 heavy (non-hydrogen) atoms. The van der Waals surface area contributed by atoms with Crippen LogP contribution < -0.4 is 0 Å². The van der Waals surface area contributed by atoms with Crippen LogP contribution >= 0.6 is 0 Å². The molecule has 0 aliphatic carbocycles. The van der Waals surface area contributed by atoms with Crippen molar-refractivity contribution in [3.8, 4) is 0 Å². The number of benzene rings is 1. The molecule has 1 aromatic carbocycles. The van der Waals surface area contributed by atoms with Gasteiger partial charge in [0.15, 0.2) is 11.5 Å². The van der Waals surface area contributed by atoms with Crippen molar-refractivity contribution >= 4 is 34.0 Å². The lowest BCUT2D eigenvalue weighted by atomic mass is 10.2. The fourth-order valence-corrected chi connectivity index (χ4v) is 2.89. The number of imidazole rings is 1. The van der Waals surface area contributed by atoms with Gasteiger partial charge in [0.05, 0.1) is 12.1 Å². The minimum Gasteiger partial charge on any atom is -0.461 e. The summed E-state index contributed by atoms with van der Waals surface area (Å²) in [5, 5.41) is 9.66. The fraction of sp³-hybridized carbons (Fsp3) is 0.150. The van der Waals surface area contributed by atoms with E-state index in [1.165, 1.54) is 0 Å². The molecule has 134 valence electrons. The molecule has 0 fully saturated rings. The van der Waals surface area contributed by atoms with E-state index in [9.17, 15) is 4.79 Å². The van der Waals surface area contributed by atoms with Crippen molar-refractivity contribution < 1.29 is 9.53 Å². The van der Waals surface area contributed by atoms with E-state index < -0.39 is 5.97 Å². The summed E-state index contributed by atoms with van der Waals surface area (Å²) < 4.78 is 6.87. The molecule has 0 radical (unpaired) electrons. The summed E-state index contributed by atoms with van der Waals surface area (Å²) in [4.78, 5) is 21.2. The van der Waals surface area contributed by atoms with Crippen LogP contribution in [0.4, 0.5) is 11.5 Å². The standard InChI is InChI=1S/C20H17N5O2/c1-3-27-20(26)17-19(25-12-6-7-13(2)18(25)22-17)24-23-15-10-4-8-14-9-5-11-21-16(14)15/h4-12H,3H2,1-2H3. The Bertz CT molecular complexity index is 1170. The van der Waals surface area contributed by atoms with Crippen LogP contribution in [-0.2, 0) is 4.74 Å². The van der Waals surface area contributed by atoms with E-state index >= 15 is 0 Å². The third-order valence-electron chi connectivity index (χ3n) is 4.15. The van der Waals surface area contributed by atoms with Crippen LogP contribution in [0.3, 0.4) is 0 Å². The lowest BCUT2D eigenvalue weighted by Gasteiger charge is -2.01. The van der Waals surface area contributed by atoms with Crippen LogP contribution in [-0.4, -0.2) is 26.9 Å². The van der Waals surface area contributed by atoms with E-state index in [-0.39, 0.29) is 12.3 Å². The van der Waals surface area contributed by atoms with E-state index in [0.717, 1.165) is 16.5 Å². The average molecular weight is 359 g/mol. The van der Waals surface area contributed by atoms with Crippen LogP contribution in [0, 0.1) is 6.92 Å². The molecule has 0 saturated carbocycles. The number of nitrogens with zero attached hydrogens (tertiary/aromatic N) is 5. The van der Waals surface area contributed by atoms with Crippen LogP contribution in [0.1, 0.15) is 23.0 Å². The summed E-state index contributed by atoms with van der Waals surface area (Å²) in [7, 11) is 0. The van der Waals surface area contributed by atoms with Gasteiger partial charge in [-0.15, -0.1) is 10.2 Å². The Hall–Kier alpha value is -3.61. The number of rotatable bonds is 4. The number of aromatic nitrogens is 3. The lowest BCUT2D eigenvalue weighted by molar-refractivity contribution is 0.0521. The molecule has 7 heteroatoms. The van der Waals surface area contributed by atoms with E-state index in [2.05, 4.69) is 20.2 Å². The summed E-state index contributed by atoms with van der Waals surface area (Å²) in [5.74, 6) is -0.189. The summed E-state index contributed by atoms with van der Waals surface area (Å²) in [6.45, 7) is 3.93. The Morgan fingerprint density at radius 2 is 2.00 bits per heavy atom. The van der Waals surface area contributed by atoms with E-state index in [0.29, 0.717) is 17.2 Å². The van der Waals surface area contributed by atoms with E-state index in [1.54, 1.807) is 23.7 Å². The lowest BCUT2D eigenvalue weighted by Crippen LogP contribution is -2.05. The number of pyridine rings is 2. The number of fused-ring (bicyclic) bond motifs is 2. The van der Waals surface area contributed by atoms with Gasteiger partial charge in [-0.3, -0.25) is 9.38 Å². The van der Waals surface area contributed by atoms with Gasteiger partial charge < -0.3 is 4.74 Å². The molecule has 3 aromatic heterocycles. The number of esters is 1. The third-order valence-corrected chi connectivity index (χ3v) is 4.15. The second-order valence-electron chi connectivity index (χ2n) is 5.94. The van der Waals surface area contributed by atoms with Gasteiger partial charge in [-0.2, -0.15) is 0 Å². The molecule has 3 heterocycles. The third kappa shape index (κ3) is 3.03. The number of carbonyl (C=O) groups excluding carboxylic acids is 1. The smallest absolute Gasteiger partial charge is 0.360 e.